The van der Waals surface area contributed by atoms with E-state index in [4.69, 9.17) is 14.2 Å². The summed E-state index contributed by atoms with van der Waals surface area (Å²) in [6.07, 6.45) is 2.70. The number of anilines is 1. The van der Waals surface area contributed by atoms with Crippen LogP contribution in [0.15, 0.2) is 60.7 Å². The van der Waals surface area contributed by atoms with Crippen LogP contribution in [0.4, 0.5) is 5.69 Å². The van der Waals surface area contributed by atoms with Gasteiger partial charge in [0, 0.05) is 25.4 Å². The molecule has 1 amide bonds. The third kappa shape index (κ3) is 5.50. The average Bonchev–Trinajstić information content (AvgIpc) is 3.56. The molecule has 2 aliphatic rings. The molecule has 5 rings (SSSR count). The van der Waals surface area contributed by atoms with Gasteiger partial charge in [0.05, 0.1) is 13.2 Å². The van der Waals surface area contributed by atoms with E-state index in [1.54, 1.807) is 7.11 Å². The summed E-state index contributed by atoms with van der Waals surface area (Å²) in [7, 11) is 1.71. The maximum atomic E-state index is 13.4. The molecule has 0 saturated carbocycles. The fourth-order valence-corrected chi connectivity index (χ4v) is 5.60. The molecule has 2 unspecified atom stereocenters. The van der Waals surface area contributed by atoms with Crippen molar-refractivity contribution >= 4 is 11.6 Å². The quantitative estimate of drug-likeness (QED) is 0.399. The van der Waals surface area contributed by atoms with Crippen molar-refractivity contribution in [3.8, 4) is 11.5 Å². The van der Waals surface area contributed by atoms with E-state index in [9.17, 15) is 4.79 Å². The normalized spacial score (nSPS) is 18.8. The van der Waals surface area contributed by atoms with Gasteiger partial charge in [0.15, 0.2) is 11.5 Å². The highest BCUT2D eigenvalue weighted by Crippen LogP contribution is 2.43. The zero-order valence-electron chi connectivity index (χ0n) is 22.0. The highest BCUT2D eigenvalue weighted by atomic mass is 16.7. The zero-order chi connectivity index (χ0) is 25.8. The van der Waals surface area contributed by atoms with Crippen molar-refractivity contribution in [3.05, 3.63) is 88.5 Å². The Morgan fingerprint density at radius 3 is 2.38 bits per heavy atom. The first-order chi connectivity index (χ1) is 18.1. The summed E-state index contributed by atoms with van der Waals surface area (Å²) >= 11 is 0. The van der Waals surface area contributed by atoms with E-state index in [1.165, 1.54) is 22.3 Å². The number of nitrogens with zero attached hydrogens (tertiary/aromatic N) is 1. The first-order valence-corrected chi connectivity index (χ1v) is 13.2. The predicted molar refractivity (Wildman–Crippen MR) is 145 cm³/mol. The van der Waals surface area contributed by atoms with Crippen molar-refractivity contribution in [2.24, 2.45) is 0 Å². The summed E-state index contributed by atoms with van der Waals surface area (Å²) in [5, 5.41) is 3.26. The highest BCUT2D eigenvalue weighted by Gasteiger charge is 2.35. The summed E-state index contributed by atoms with van der Waals surface area (Å²) in [5.74, 6) is 1.92. The second-order valence-corrected chi connectivity index (χ2v) is 9.87. The minimum absolute atomic E-state index is 0.0305. The molecule has 1 fully saturated rings. The Morgan fingerprint density at radius 1 is 0.973 bits per heavy atom. The number of hydrogen-bond acceptors (Lipinski definition) is 5. The van der Waals surface area contributed by atoms with Crippen LogP contribution in [0, 0.1) is 0 Å². The van der Waals surface area contributed by atoms with Gasteiger partial charge in [-0.15, -0.1) is 0 Å². The lowest BCUT2D eigenvalue weighted by atomic mass is 9.93. The molecular weight excluding hydrogens is 464 g/mol. The molecule has 0 radical (unpaired) electrons. The van der Waals surface area contributed by atoms with E-state index in [0.29, 0.717) is 19.1 Å². The molecule has 194 valence electrons. The van der Waals surface area contributed by atoms with Crippen molar-refractivity contribution in [2.45, 2.75) is 51.7 Å². The number of carbonyl (C=O) groups excluding carboxylic acids is 1. The maximum Gasteiger partial charge on any atom is 0.238 e. The van der Waals surface area contributed by atoms with Crippen molar-refractivity contribution in [2.75, 3.05) is 32.3 Å². The monoisotopic (exact) mass is 500 g/mol. The number of para-hydroxylation sites is 1. The van der Waals surface area contributed by atoms with E-state index in [1.807, 2.05) is 6.07 Å². The van der Waals surface area contributed by atoms with Gasteiger partial charge < -0.3 is 19.5 Å². The number of benzene rings is 3. The molecule has 0 bridgehead atoms. The van der Waals surface area contributed by atoms with Crippen molar-refractivity contribution in [1.82, 2.24) is 4.90 Å². The van der Waals surface area contributed by atoms with E-state index in [2.05, 4.69) is 78.7 Å². The third-order valence-electron chi connectivity index (χ3n) is 7.56. The molecule has 3 aromatic carbocycles. The van der Waals surface area contributed by atoms with Gasteiger partial charge in [-0.25, -0.2) is 0 Å². The number of hydrogen-bond donors (Lipinski definition) is 1. The summed E-state index contributed by atoms with van der Waals surface area (Å²) in [5.41, 5.74) is 6.92. The second kappa shape index (κ2) is 11.4. The van der Waals surface area contributed by atoms with E-state index in [0.717, 1.165) is 48.6 Å². The molecule has 2 heterocycles. The first-order valence-electron chi connectivity index (χ1n) is 13.2. The number of amides is 1. The summed E-state index contributed by atoms with van der Waals surface area (Å²) in [4.78, 5) is 15.7. The molecule has 6 heteroatoms. The van der Waals surface area contributed by atoms with Crippen LogP contribution in [-0.2, 0) is 29.0 Å². The number of rotatable bonds is 9. The molecule has 0 spiro atoms. The fourth-order valence-electron chi connectivity index (χ4n) is 5.60. The molecule has 3 aromatic rings. The number of carbonyl (C=O) groups is 1. The molecule has 37 heavy (non-hydrogen) atoms. The molecular formula is C31H36N2O4. The minimum Gasteiger partial charge on any atom is -0.454 e. The fraction of sp³-hybridized carbons (Fsp3) is 0.387. The van der Waals surface area contributed by atoms with Crippen molar-refractivity contribution in [1.29, 1.82) is 0 Å². The molecule has 2 aliphatic heterocycles. The second-order valence-electron chi connectivity index (χ2n) is 9.87. The lowest BCUT2D eigenvalue weighted by Crippen LogP contribution is -2.33. The van der Waals surface area contributed by atoms with Crippen LogP contribution < -0.4 is 14.8 Å². The lowest BCUT2D eigenvalue weighted by Gasteiger charge is -2.25. The zero-order valence-corrected chi connectivity index (χ0v) is 22.0. The van der Waals surface area contributed by atoms with Gasteiger partial charge in [-0.05, 0) is 65.1 Å². The predicted octanol–water partition coefficient (Wildman–Crippen LogP) is 5.86. The lowest BCUT2D eigenvalue weighted by molar-refractivity contribution is -0.117. The van der Waals surface area contributed by atoms with E-state index < -0.39 is 0 Å². The first kappa shape index (κ1) is 25.3. The Labute approximate surface area is 219 Å². The van der Waals surface area contributed by atoms with Gasteiger partial charge in [-0.2, -0.15) is 0 Å². The molecule has 1 N–H and O–H groups in total. The summed E-state index contributed by atoms with van der Waals surface area (Å²) < 4.78 is 16.4. The number of aryl methyl sites for hydroxylation is 2. The van der Waals surface area contributed by atoms with Gasteiger partial charge in [-0.3, -0.25) is 9.69 Å². The number of nitrogens with one attached hydrogen (secondary N) is 1. The smallest absolute Gasteiger partial charge is 0.238 e. The Balaban J connectivity index is 1.38. The van der Waals surface area contributed by atoms with E-state index in [-0.39, 0.29) is 18.7 Å². The number of fused-ring (bicyclic) bond motifs is 1. The Bertz CT molecular complexity index is 1220. The maximum absolute atomic E-state index is 13.4. The van der Waals surface area contributed by atoms with Crippen LogP contribution in [0.2, 0.25) is 0 Å². The Hall–Kier alpha value is -3.35. The van der Waals surface area contributed by atoms with Crippen LogP contribution in [0.5, 0.6) is 11.5 Å². The molecule has 0 aromatic heterocycles. The molecule has 1 saturated heterocycles. The van der Waals surface area contributed by atoms with Crippen LogP contribution >= 0.6 is 0 Å². The Morgan fingerprint density at radius 2 is 1.68 bits per heavy atom. The number of likely N-dealkylation sites (tertiary alicyclic amines) is 1. The van der Waals surface area contributed by atoms with Crippen LogP contribution in [0.3, 0.4) is 0 Å². The van der Waals surface area contributed by atoms with Crippen LogP contribution in [0.25, 0.3) is 0 Å². The average molecular weight is 501 g/mol. The summed E-state index contributed by atoms with van der Waals surface area (Å²) in [6.45, 7) is 6.26. The van der Waals surface area contributed by atoms with E-state index >= 15 is 0 Å². The van der Waals surface area contributed by atoms with Crippen molar-refractivity contribution < 1.29 is 19.0 Å². The third-order valence-corrected chi connectivity index (χ3v) is 7.56. The molecule has 6 nitrogen and oxygen atoms in total. The van der Waals surface area contributed by atoms with Gasteiger partial charge >= 0.3 is 0 Å². The highest BCUT2D eigenvalue weighted by molar-refractivity contribution is 5.94. The SMILES string of the molecule is CCc1cccc(CC)c1NC(=O)CN1CC(c2ccc3c(c2)OCO3)CC1c1ccc(COC)cc1. The number of ether oxygens (including phenoxy) is 3. The van der Waals surface area contributed by atoms with Gasteiger partial charge in [0.1, 0.15) is 0 Å². The van der Waals surface area contributed by atoms with Gasteiger partial charge in [0.2, 0.25) is 12.7 Å². The topological polar surface area (TPSA) is 60.0 Å². The standard InChI is InChI=1S/C31H36N2O4/c1-4-22-7-6-8-23(5-2)31(22)32-30(34)18-33-17-26(25-13-14-28-29(16-25)37-20-36-28)15-27(33)24-11-9-21(10-12-24)19-35-3/h6-14,16,26-27H,4-5,15,17-20H2,1-3H3,(H,32,34). The van der Waals surface area contributed by atoms with Gasteiger partial charge in [0.25, 0.3) is 0 Å². The molecule has 2 atom stereocenters. The largest absolute Gasteiger partial charge is 0.454 e. The number of methoxy groups -OCH3 is 1. The van der Waals surface area contributed by atoms with Gasteiger partial charge in [-0.1, -0.05) is 62.4 Å². The molecule has 0 aliphatic carbocycles. The Kier molecular flexibility index (Phi) is 7.77. The van der Waals surface area contributed by atoms with Crippen molar-refractivity contribution in [3.63, 3.8) is 0 Å². The summed E-state index contributed by atoms with van der Waals surface area (Å²) in [6, 6.07) is 21.2. The van der Waals surface area contributed by atoms with Crippen LogP contribution in [-0.4, -0.2) is 37.8 Å². The minimum atomic E-state index is 0.0305. The van der Waals surface area contributed by atoms with Crippen LogP contribution in [0.1, 0.15) is 60.0 Å².